The zero-order chi connectivity index (χ0) is 13.9. The maximum Gasteiger partial charge on any atom is 0.249 e. The van der Waals surface area contributed by atoms with Crippen molar-refractivity contribution >= 4 is 23.6 Å². The molecular formula is C10H16N4O4. The minimum atomic E-state index is -0.886. The number of carbonyl (C=O) groups excluding carboxylic acids is 3. The Kier molecular flexibility index (Phi) is 4.24. The van der Waals surface area contributed by atoms with Crippen molar-refractivity contribution in [2.45, 2.75) is 26.3 Å². The predicted octanol–water partition coefficient (Wildman–Crippen LogP) is -1.37. The molecule has 100 valence electrons. The third kappa shape index (κ3) is 2.58. The summed E-state index contributed by atoms with van der Waals surface area (Å²) in [7, 11) is 0. The monoisotopic (exact) mass is 256 g/mol. The summed E-state index contributed by atoms with van der Waals surface area (Å²) in [5, 5.41) is 13.4. The summed E-state index contributed by atoms with van der Waals surface area (Å²) in [5.74, 6) is -2.70. The first kappa shape index (κ1) is 13.9. The van der Waals surface area contributed by atoms with Crippen LogP contribution in [0.25, 0.3) is 0 Å². The molecule has 1 aliphatic heterocycles. The lowest BCUT2D eigenvalue weighted by Crippen LogP contribution is -2.61. The molecule has 1 heterocycles. The molecule has 0 aromatic carbocycles. The fourth-order valence-electron chi connectivity index (χ4n) is 1.77. The minimum absolute atomic E-state index is 0.202. The van der Waals surface area contributed by atoms with Crippen molar-refractivity contribution in [2.24, 2.45) is 16.8 Å². The van der Waals surface area contributed by atoms with Crippen LogP contribution in [-0.2, 0) is 14.4 Å². The molecule has 0 saturated carbocycles. The van der Waals surface area contributed by atoms with Crippen LogP contribution in [0.2, 0.25) is 0 Å². The second-order valence-electron chi connectivity index (χ2n) is 4.05. The molecule has 0 radical (unpaired) electrons. The topological polar surface area (TPSA) is 125 Å². The maximum absolute atomic E-state index is 12.1. The average Bonchev–Trinajstić information content (AvgIpc) is 2.35. The van der Waals surface area contributed by atoms with Gasteiger partial charge in [-0.2, -0.15) is 0 Å². The Morgan fingerprint density at radius 3 is 2.78 bits per heavy atom. The van der Waals surface area contributed by atoms with Gasteiger partial charge in [-0.05, 0) is 13.3 Å². The van der Waals surface area contributed by atoms with Gasteiger partial charge in [0.05, 0.1) is 5.92 Å². The lowest BCUT2D eigenvalue weighted by molar-refractivity contribution is -0.151. The Bertz CT molecular complexity index is 407. The van der Waals surface area contributed by atoms with Crippen molar-refractivity contribution in [3.63, 3.8) is 0 Å². The number of imide groups is 1. The molecule has 8 heteroatoms. The summed E-state index contributed by atoms with van der Waals surface area (Å²) >= 11 is 0. The van der Waals surface area contributed by atoms with Crippen LogP contribution < -0.4 is 11.1 Å². The van der Waals surface area contributed by atoms with E-state index in [1.165, 1.54) is 6.92 Å². The number of amides is 3. The van der Waals surface area contributed by atoms with Crippen LogP contribution >= 0.6 is 0 Å². The molecular weight excluding hydrogens is 240 g/mol. The molecule has 3 amide bonds. The van der Waals surface area contributed by atoms with E-state index in [1.54, 1.807) is 6.92 Å². The van der Waals surface area contributed by atoms with Gasteiger partial charge in [0, 0.05) is 0 Å². The van der Waals surface area contributed by atoms with Crippen LogP contribution in [0.3, 0.4) is 0 Å². The second kappa shape index (κ2) is 5.48. The van der Waals surface area contributed by atoms with Gasteiger partial charge in [0.15, 0.2) is 5.84 Å². The fourth-order valence-corrected chi connectivity index (χ4v) is 1.77. The van der Waals surface area contributed by atoms with E-state index in [0.717, 1.165) is 4.90 Å². The lowest BCUT2D eigenvalue weighted by atomic mass is 10.0. The van der Waals surface area contributed by atoms with Gasteiger partial charge in [0.1, 0.15) is 12.6 Å². The number of piperazine rings is 1. The zero-order valence-electron chi connectivity index (χ0n) is 10.2. The number of nitrogens with zero attached hydrogens (tertiary/aromatic N) is 2. The Hall–Kier alpha value is -2.12. The Balaban J connectivity index is 2.94. The number of nitrogens with two attached hydrogens (primary N) is 1. The molecule has 1 saturated heterocycles. The van der Waals surface area contributed by atoms with Crippen molar-refractivity contribution < 1.29 is 19.6 Å². The summed E-state index contributed by atoms with van der Waals surface area (Å²) in [6.07, 6.45) is 0.383. The Morgan fingerprint density at radius 2 is 2.28 bits per heavy atom. The van der Waals surface area contributed by atoms with Crippen LogP contribution in [-0.4, -0.2) is 46.3 Å². The minimum Gasteiger partial charge on any atom is -0.409 e. The highest BCUT2D eigenvalue weighted by molar-refractivity contribution is 6.08. The van der Waals surface area contributed by atoms with Crippen LogP contribution in [0.1, 0.15) is 20.3 Å². The van der Waals surface area contributed by atoms with E-state index >= 15 is 0 Å². The van der Waals surface area contributed by atoms with Gasteiger partial charge in [-0.15, -0.1) is 0 Å². The second-order valence-corrected chi connectivity index (χ2v) is 4.05. The van der Waals surface area contributed by atoms with E-state index in [2.05, 4.69) is 10.5 Å². The highest BCUT2D eigenvalue weighted by Gasteiger charge is 2.37. The number of rotatable bonds is 3. The molecule has 2 unspecified atom stereocenters. The van der Waals surface area contributed by atoms with Gasteiger partial charge in [-0.1, -0.05) is 12.1 Å². The van der Waals surface area contributed by atoms with Crippen molar-refractivity contribution in [2.75, 3.05) is 6.54 Å². The number of oxime groups is 1. The first-order valence-electron chi connectivity index (χ1n) is 5.53. The average molecular weight is 256 g/mol. The van der Waals surface area contributed by atoms with Gasteiger partial charge in [0.25, 0.3) is 0 Å². The normalized spacial score (nSPS) is 22.7. The quantitative estimate of drug-likeness (QED) is 0.189. The molecule has 18 heavy (non-hydrogen) atoms. The molecule has 0 bridgehead atoms. The Labute approximate surface area is 104 Å². The predicted molar refractivity (Wildman–Crippen MR) is 61.5 cm³/mol. The molecule has 1 fully saturated rings. The fraction of sp³-hybridized carbons (Fsp3) is 0.600. The number of hydrogen-bond donors (Lipinski definition) is 3. The number of nitrogens with one attached hydrogen (secondary N) is 1. The molecule has 0 aromatic heterocycles. The molecule has 1 rings (SSSR count). The third-order valence-electron chi connectivity index (χ3n) is 2.85. The van der Waals surface area contributed by atoms with E-state index < -0.39 is 29.7 Å². The van der Waals surface area contributed by atoms with E-state index in [9.17, 15) is 14.4 Å². The van der Waals surface area contributed by atoms with Gasteiger partial charge in [-0.25, -0.2) is 0 Å². The van der Waals surface area contributed by atoms with E-state index in [1.807, 2.05) is 0 Å². The standard InChI is InChI=1S/C10H16N4O4/c1-3-6-9(16)12-7(15)4-14(6)10(17)5(2)8(11)13-18/h5-6,18H,3-4H2,1-2H3,(H2,11,13)(H,12,15,16). The lowest BCUT2D eigenvalue weighted by Gasteiger charge is -2.34. The number of amidine groups is 1. The summed E-state index contributed by atoms with van der Waals surface area (Å²) in [6, 6.07) is -0.704. The molecule has 8 nitrogen and oxygen atoms in total. The van der Waals surface area contributed by atoms with E-state index in [0.29, 0.717) is 6.42 Å². The highest BCUT2D eigenvalue weighted by atomic mass is 16.4. The van der Waals surface area contributed by atoms with E-state index in [-0.39, 0.29) is 12.4 Å². The van der Waals surface area contributed by atoms with Crippen LogP contribution in [0.15, 0.2) is 5.16 Å². The summed E-state index contributed by atoms with van der Waals surface area (Å²) in [5.41, 5.74) is 5.35. The largest absolute Gasteiger partial charge is 0.409 e. The smallest absolute Gasteiger partial charge is 0.249 e. The van der Waals surface area contributed by atoms with Gasteiger partial charge >= 0.3 is 0 Å². The van der Waals surface area contributed by atoms with Crippen molar-refractivity contribution in [3.05, 3.63) is 0 Å². The Morgan fingerprint density at radius 1 is 1.67 bits per heavy atom. The molecule has 0 aliphatic carbocycles. The molecule has 0 spiro atoms. The maximum atomic E-state index is 12.1. The van der Waals surface area contributed by atoms with Gasteiger partial charge < -0.3 is 15.8 Å². The number of hydrogen-bond acceptors (Lipinski definition) is 5. The highest BCUT2D eigenvalue weighted by Crippen LogP contribution is 2.13. The summed E-state index contributed by atoms with van der Waals surface area (Å²) in [4.78, 5) is 36.1. The van der Waals surface area contributed by atoms with Crippen molar-refractivity contribution in [3.8, 4) is 0 Å². The molecule has 0 aromatic rings. The van der Waals surface area contributed by atoms with Crippen LogP contribution in [0.5, 0.6) is 0 Å². The van der Waals surface area contributed by atoms with Crippen LogP contribution in [0, 0.1) is 5.92 Å². The number of carbonyl (C=O) groups is 3. The molecule has 1 aliphatic rings. The van der Waals surface area contributed by atoms with Crippen molar-refractivity contribution in [1.82, 2.24) is 10.2 Å². The van der Waals surface area contributed by atoms with Crippen LogP contribution in [0.4, 0.5) is 0 Å². The first-order chi connectivity index (χ1) is 8.42. The van der Waals surface area contributed by atoms with Gasteiger partial charge in [-0.3, -0.25) is 19.7 Å². The third-order valence-corrected chi connectivity index (χ3v) is 2.85. The summed E-state index contributed by atoms with van der Waals surface area (Å²) < 4.78 is 0. The molecule has 2 atom stereocenters. The zero-order valence-corrected chi connectivity index (χ0v) is 10.2. The van der Waals surface area contributed by atoms with E-state index in [4.69, 9.17) is 10.9 Å². The molecule has 4 N–H and O–H groups in total. The SMILES string of the molecule is CCC1C(=O)NC(=O)CN1C(=O)C(C)C(N)=NO. The first-order valence-corrected chi connectivity index (χ1v) is 5.53. The summed E-state index contributed by atoms with van der Waals surface area (Å²) in [6.45, 7) is 2.97. The van der Waals surface area contributed by atoms with Crippen molar-refractivity contribution in [1.29, 1.82) is 0 Å². The van der Waals surface area contributed by atoms with Gasteiger partial charge in [0.2, 0.25) is 17.7 Å².